The lowest BCUT2D eigenvalue weighted by atomic mass is 10.3. The average Bonchev–Trinajstić information content (AvgIpc) is 3.18. The van der Waals surface area contributed by atoms with Gasteiger partial charge in [0.1, 0.15) is 16.3 Å². The van der Waals surface area contributed by atoms with E-state index in [1.54, 1.807) is 30.3 Å². The number of halogens is 1. The van der Waals surface area contributed by atoms with Gasteiger partial charge in [-0.05, 0) is 36.4 Å². The molecule has 0 bridgehead atoms. The highest BCUT2D eigenvalue weighted by Crippen LogP contribution is 2.26. The minimum atomic E-state index is -3.83. The maximum atomic E-state index is 12.6. The first-order valence-electron chi connectivity index (χ1n) is 7.86. The molecule has 27 heavy (non-hydrogen) atoms. The summed E-state index contributed by atoms with van der Waals surface area (Å²) in [4.78, 5) is 12.0. The molecule has 0 unspecified atom stereocenters. The third-order valence-electron chi connectivity index (χ3n) is 3.67. The van der Waals surface area contributed by atoms with Crippen molar-refractivity contribution < 1.29 is 17.6 Å². The molecule has 0 spiro atoms. The fourth-order valence-electron chi connectivity index (χ4n) is 2.39. The average molecular weight is 454 g/mol. The van der Waals surface area contributed by atoms with Crippen LogP contribution in [0, 0.1) is 0 Å². The van der Waals surface area contributed by atoms with E-state index in [9.17, 15) is 13.2 Å². The Hall–Kier alpha value is -2.43. The number of aromatic nitrogens is 2. The normalized spacial score (nSPS) is 11.5. The summed E-state index contributed by atoms with van der Waals surface area (Å²) in [6.45, 7) is 0.0371. The van der Waals surface area contributed by atoms with Gasteiger partial charge in [0.25, 0.3) is 5.56 Å². The van der Waals surface area contributed by atoms with Crippen LogP contribution in [0.1, 0.15) is 0 Å². The van der Waals surface area contributed by atoms with E-state index in [4.69, 9.17) is 9.15 Å². The van der Waals surface area contributed by atoms with E-state index in [2.05, 4.69) is 25.8 Å². The molecular formula is C17H16BrN3O5S. The first-order chi connectivity index (χ1) is 12.9. The van der Waals surface area contributed by atoms with Gasteiger partial charge in [-0.1, -0.05) is 15.9 Å². The van der Waals surface area contributed by atoms with Gasteiger partial charge in [-0.3, -0.25) is 4.79 Å². The smallest absolute Gasteiger partial charge is 0.266 e. The van der Waals surface area contributed by atoms with Crippen LogP contribution in [-0.4, -0.2) is 31.9 Å². The Bertz CT molecular complexity index is 1090. The van der Waals surface area contributed by atoms with Crippen LogP contribution >= 0.6 is 15.9 Å². The zero-order chi connectivity index (χ0) is 19.4. The third kappa shape index (κ3) is 4.46. The molecule has 2 aromatic heterocycles. The maximum absolute atomic E-state index is 12.6. The second-order valence-electron chi connectivity index (χ2n) is 5.45. The van der Waals surface area contributed by atoms with Gasteiger partial charge in [0.15, 0.2) is 5.76 Å². The van der Waals surface area contributed by atoms with Crippen molar-refractivity contribution in [2.24, 2.45) is 0 Å². The van der Waals surface area contributed by atoms with Crippen LogP contribution in [0.25, 0.3) is 11.5 Å². The molecule has 1 N–H and O–H groups in total. The Balaban J connectivity index is 1.76. The van der Waals surface area contributed by atoms with E-state index in [1.807, 2.05) is 0 Å². The number of rotatable bonds is 7. The predicted molar refractivity (Wildman–Crippen MR) is 102 cm³/mol. The number of nitrogens with zero attached hydrogens (tertiary/aromatic N) is 2. The number of ether oxygens (including phenoxy) is 1. The maximum Gasteiger partial charge on any atom is 0.266 e. The van der Waals surface area contributed by atoms with Crippen LogP contribution in [0.15, 0.2) is 67.3 Å². The molecule has 0 radical (unpaired) electrons. The zero-order valence-corrected chi connectivity index (χ0v) is 16.7. The number of nitrogens with one attached hydrogen (secondary N) is 1. The lowest BCUT2D eigenvalue weighted by molar-refractivity contribution is 0.402. The first kappa shape index (κ1) is 19.3. The molecule has 2 heterocycles. The van der Waals surface area contributed by atoms with Crippen molar-refractivity contribution in [3.8, 4) is 17.2 Å². The van der Waals surface area contributed by atoms with E-state index < -0.39 is 10.0 Å². The number of sulfonamides is 1. The molecule has 142 valence electrons. The van der Waals surface area contributed by atoms with Crippen molar-refractivity contribution >= 4 is 26.0 Å². The minimum absolute atomic E-state index is 0.00372. The van der Waals surface area contributed by atoms with Crippen LogP contribution in [-0.2, 0) is 16.6 Å². The van der Waals surface area contributed by atoms with Gasteiger partial charge in [-0.2, -0.15) is 5.10 Å². The minimum Gasteiger partial charge on any atom is -0.495 e. The molecule has 0 fully saturated rings. The highest BCUT2D eigenvalue weighted by molar-refractivity contribution is 9.10. The summed E-state index contributed by atoms with van der Waals surface area (Å²) in [5.41, 5.74) is 0.139. The monoisotopic (exact) mass is 453 g/mol. The standard InChI is InChI=1S/C17H16BrN3O5S/c1-25-15-6-4-12(18)11-16(15)27(23,24)19-8-9-21-17(22)7-5-13(20-21)14-3-2-10-26-14/h2-7,10-11,19H,8-9H2,1H3. The molecule has 8 nitrogen and oxygen atoms in total. The molecule has 0 aliphatic heterocycles. The van der Waals surface area contributed by atoms with Gasteiger partial charge in [-0.15, -0.1) is 0 Å². The fraction of sp³-hybridized carbons (Fsp3) is 0.176. The van der Waals surface area contributed by atoms with E-state index in [-0.39, 0.29) is 29.3 Å². The largest absolute Gasteiger partial charge is 0.495 e. The second-order valence-corrected chi connectivity index (χ2v) is 8.10. The topological polar surface area (TPSA) is 103 Å². The molecule has 3 rings (SSSR count). The van der Waals surface area contributed by atoms with Crippen LogP contribution in [0.3, 0.4) is 0 Å². The Morgan fingerprint density at radius 2 is 2.07 bits per heavy atom. The lowest BCUT2D eigenvalue weighted by Crippen LogP contribution is -2.32. The summed E-state index contributed by atoms with van der Waals surface area (Å²) >= 11 is 3.25. The molecule has 1 aromatic carbocycles. The molecular weight excluding hydrogens is 438 g/mol. The van der Waals surface area contributed by atoms with E-state index in [1.165, 1.54) is 30.2 Å². The number of hydrogen-bond donors (Lipinski definition) is 1. The number of hydrogen-bond acceptors (Lipinski definition) is 6. The highest BCUT2D eigenvalue weighted by atomic mass is 79.9. The number of methoxy groups -OCH3 is 1. The molecule has 0 atom stereocenters. The van der Waals surface area contributed by atoms with Gasteiger partial charge in [0, 0.05) is 17.1 Å². The fourth-order valence-corrected chi connectivity index (χ4v) is 4.12. The summed E-state index contributed by atoms with van der Waals surface area (Å²) in [5.74, 6) is 0.740. The molecule has 0 aliphatic rings. The molecule has 3 aromatic rings. The van der Waals surface area contributed by atoms with Crippen molar-refractivity contribution in [1.29, 1.82) is 0 Å². The Morgan fingerprint density at radius 1 is 1.26 bits per heavy atom. The molecule has 10 heteroatoms. The Kier molecular flexibility index (Phi) is 5.78. The molecule has 0 saturated carbocycles. The quantitative estimate of drug-likeness (QED) is 0.588. The highest BCUT2D eigenvalue weighted by Gasteiger charge is 2.19. The molecule has 0 amide bonds. The summed E-state index contributed by atoms with van der Waals surface area (Å²) in [5, 5.41) is 4.20. The summed E-state index contributed by atoms with van der Waals surface area (Å²) in [6.07, 6.45) is 1.51. The Morgan fingerprint density at radius 3 is 2.78 bits per heavy atom. The van der Waals surface area contributed by atoms with Gasteiger partial charge < -0.3 is 9.15 Å². The van der Waals surface area contributed by atoms with Crippen molar-refractivity contribution in [2.45, 2.75) is 11.4 Å². The summed E-state index contributed by atoms with van der Waals surface area (Å²) in [7, 11) is -2.43. The van der Waals surface area contributed by atoms with E-state index in [0.29, 0.717) is 15.9 Å². The van der Waals surface area contributed by atoms with Crippen LogP contribution < -0.4 is 15.0 Å². The van der Waals surface area contributed by atoms with Crippen LogP contribution in [0.2, 0.25) is 0 Å². The predicted octanol–water partition coefficient (Wildman–Crippen LogP) is 2.25. The summed E-state index contributed by atoms with van der Waals surface area (Å²) in [6, 6.07) is 11.0. The zero-order valence-electron chi connectivity index (χ0n) is 14.3. The van der Waals surface area contributed by atoms with E-state index >= 15 is 0 Å². The van der Waals surface area contributed by atoms with Gasteiger partial charge in [0.2, 0.25) is 10.0 Å². The lowest BCUT2D eigenvalue weighted by Gasteiger charge is -2.11. The van der Waals surface area contributed by atoms with Gasteiger partial charge in [-0.25, -0.2) is 17.8 Å². The van der Waals surface area contributed by atoms with Crippen molar-refractivity contribution in [1.82, 2.24) is 14.5 Å². The Labute approximate surface area is 164 Å². The first-order valence-corrected chi connectivity index (χ1v) is 10.1. The van der Waals surface area contributed by atoms with Gasteiger partial charge in [0.05, 0.1) is 19.9 Å². The van der Waals surface area contributed by atoms with Crippen molar-refractivity contribution in [3.63, 3.8) is 0 Å². The molecule has 0 saturated heterocycles. The number of furan rings is 1. The number of benzene rings is 1. The molecule has 0 aliphatic carbocycles. The SMILES string of the molecule is COc1ccc(Br)cc1S(=O)(=O)NCCn1nc(-c2ccco2)ccc1=O. The van der Waals surface area contributed by atoms with Crippen molar-refractivity contribution in [2.75, 3.05) is 13.7 Å². The third-order valence-corrected chi connectivity index (χ3v) is 5.65. The van der Waals surface area contributed by atoms with E-state index in [0.717, 1.165) is 0 Å². The second kappa shape index (κ2) is 8.07. The van der Waals surface area contributed by atoms with Crippen LogP contribution in [0.5, 0.6) is 5.75 Å². The summed E-state index contributed by atoms with van der Waals surface area (Å²) < 4.78 is 39.7. The van der Waals surface area contributed by atoms with Gasteiger partial charge >= 0.3 is 0 Å². The van der Waals surface area contributed by atoms with Crippen LogP contribution in [0.4, 0.5) is 0 Å². The van der Waals surface area contributed by atoms with Crippen molar-refractivity contribution in [3.05, 3.63) is 63.6 Å².